The van der Waals surface area contributed by atoms with E-state index in [-0.39, 0.29) is 0 Å². The number of thioether (sulfide) groups is 1. The first kappa shape index (κ1) is 13.8. The Kier molecular flexibility index (Phi) is 4.20. The van der Waals surface area contributed by atoms with Gasteiger partial charge in [-0.25, -0.2) is 0 Å². The van der Waals surface area contributed by atoms with Crippen molar-refractivity contribution >= 4 is 23.4 Å². The quantitative estimate of drug-likeness (QED) is 0.866. The Hall–Kier alpha value is -1.16. The van der Waals surface area contributed by atoms with Crippen LogP contribution in [0.15, 0.2) is 41.3 Å². The molecule has 0 saturated heterocycles. The van der Waals surface area contributed by atoms with Crippen LogP contribution in [0.1, 0.15) is 16.7 Å². The highest BCUT2D eigenvalue weighted by Gasteiger charge is 2.17. The normalized spacial score (nSPS) is 13.1. The molecule has 0 unspecified atom stereocenters. The van der Waals surface area contributed by atoms with Crippen molar-refractivity contribution in [2.75, 3.05) is 6.61 Å². The van der Waals surface area contributed by atoms with Crippen LogP contribution >= 0.6 is 23.4 Å². The van der Waals surface area contributed by atoms with E-state index in [1.54, 1.807) is 11.8 Å². The number of benzene rings is 2. The molecule has 1 aliphatic heterocycles. The maximum atomic E-state index is 6.18. The number of hydrogen-bond donors (Lipinski definition) is 1. The fraction of sp³-hybridized carbons (Fsp3) is 0.250. The Balaban J connectivity index is 1.78. The highest BCUT2D eigenvalue weighted by Crippen LogP contribution is 2.36. The molecule has 0 atom stereocenters. The summed E-state index contributed by atoms with van der Waals surface area (Å²) in [7, 11) is 0. The zero-order chi connectivity index (χ0) is 13.9. The van der Waals surface area contributed by atoms with Gasteiger partial charge in [-0.2, -0.15) is 0 Å². The minimum Gasteiger partial charge on any atom is -0.493 e. The topological polar surface area (TPSA) is 35.2 Å². The maximum absolute atomic E-state index is 6.18. The first-order valence-electron chi connectivity index (χ1n) is 6.62. The second-order valence-electron chi connectivity index (χ2n) is 4.79. The van der Waals surface area contributed by atoms with Gasteiger partial charge in [-0.1, -0.05) is 23.7 Å². The molecule has 0 fully saturated rings. The second kappa shape index (κ2) is 6.08. The van der Waals surface area contributed by atoms with Crippen LogP contribution < -0.4 is 10.5 Å². The lowest BCUT2D eigenvalue weighted by Gasteiger charge is -2.09. The van der Waals surface area contributed by atoms with Gasteiger partial charge in [0.25, 0.3) is 0 Å². The average molecular weight is 306 g/mol. The molecule has 2 aromatic rings. The first-order chi connectivity index (χ1) is 9.76. The van der Waals surface area contributed by atoms with Crippen LogP contribution in [-0.2, 0) is 18.7 Å². The van der Waals surface area contributed by atoms with Crippen molar-refractivity contribution in [2.45, 2.75) is 23.6 Å². The summed E-state index contributed by atoms with van der Waals surface area (Å²) in [6.45, 7) is 1.33. The van der Waals surface area contributed by atoms with Gasteiger partial charge in [0, 0.05) is 34.2 Å². The third kappa shape index (κ3) is 2.95. The van der Waals surface area contributed by atoms with Crippen LogP contribution in [0, 0.1) is 0 Å². The molecule has 4 heteroatoms. The van der Waals surface area contributed by atoms with E-state index in [2.05, 4.69) is 12.1 Å². The van der Waals surface area contributed by atoms with E-state index in [1.165, 1.54) is 16.0 Å². The zero-order valence-corrected chi connectivity index (χ0v) is 12.6. The monoisotopic (exact) mass is 305 g/mol. The van der Waals surface area contributed by atoms with E-state index < -0.39 is 0 Å². The number of rotatable bonds is 4. The van der Waals surface area contributed by atoms with E-state index in [9.17, 15) is 0 Å². The Labute approximate surface area is 128 Å². The molecule has 0 spiro atoms. The summed E-state index contributed by atoms with van der Waals surface area (Å²) in [4.78, 5) is 1.22. The molecule has 0 saturated carbocycles. The lowest BCUT2D eigenvalue weighted by atomic mass is 10.1. The van der Waals surface area contributed by atoms with Crippen LogP contribution in [0.4, 0.5) is 0 Å². The minimum absolute atomic E-state index is 0.573. The van der Waals surface area contributed by atoms with Gasteiger partial charge >= 0.3 is 0 Å². The van der Waals surface area contributed by atoms with Crippen LogP contribution in [-0.4, -0.2) is 6.61 Å². The molecule has 104 valence electrons. The Morgan fingerprint density at radius 3 is 3.00 bits per heavy atom. The summed E-state index contributed by atoms with van der Waals surface area (Å²) in [5.41, 5.74) is 9.23. The smallest absolute Gasteiger partial charge is 0.126 e. The van der Waals surface area contributed by atoms with E-state index in [0.29, 0.717) is 6.54 Å². The number of ether oxygens (including phenoxy) is 1. The van der Waals surface area contributed by atoms with E-state index in [1.807, 2.05) is 24.3 Å². The van der Waals surface area contributed by atoms with Crippen LogP contribution in [0.3, 0.4) is 0 Å². The summed E-state index contributed by atoms with van der Waals surface area (Å²) < 4.78 is 5.73. The van der Waals surface area contributed by atoms with Gasteiger partial charge in [0.15, 0.2) is 0 Å². The highest BCUT2D eigenvalue weighted by atomic mass is 35.5. The predicted octanol–water partition coefficient (Wildman–Crippen LogP) is 4.03. The molecule has 2 aromatic carbocycles. The Morgan fingerprint density at radius 2 is 2.15 bits per heavy atom. The molecule has 2 N–H and O–H groups in total. The van der Waals surface area contributed by atoms with Crippen molar-refractivity contribution in [1.82, 2.24) is 0 Å². The first-order valence-corrected chi connectivity index (χ1v) is 7.98. The lowest BCUT2D eigenvalue weighted by Crippen LogP contribution is -1.95. The molecule has 0 aromatic heterocycles. The molecule has 1 heterocycles. The molecule has 0 radical (unpaired) electrons. The number of hydrogen-bond acceptors (Lipinski definition) is 3. The minimum atomic E-state index is 0.573. The SMILES string of the molecule is NCc1cccc(SCc2cc(Cl)cc3c2OCC3)c1. The molecule has 1 aliphatic rings. The van der Waals surface area contributed by atoms with Gasteiger partial charge in [0.1, 0.15) is 5.75 Å². The van der Waals surface area contributed by atoms with Gasteiger partial charge in [-0.3, -0.25) is 0 Å². The van der Waals surface area contributed by atoms with Crippen molar-refractivity contribution in [3.63, 3.8) is 0 Å². The van der Waals surface area contributed by atoms with Crippen molar-refractivity contribution in [3.05, 3.63) is 58.1 Å². The standard InChI is InChI=1S/C16H16ClNOS/c17-14-7-12-4-5-19-16(12)13(8-14)10-20-15-3-1-2-11(6-15)9-18/h1-3,6-8H,4-5,9-10,18H2. The maximum Gasteiger partial charge on any atom is 0.126 e. The lowest BCUT2D eigenvalue weighted by molar-refractivity contribution is 0.354. The van der Waals surface area contributed by atoms with Crippen molar-refractivity contribution < 1.29 is 4.74 Å². The van der Waals surface area contributed by atoms with E-state index >= 15 is 0 Å². The summed E-state index contributed by atoms with van der Waals surface area (Å²) in [6, 6.07) is 12.3. The third-order valence-electron chi connectivity index (χ3n) is 3.35. The van der Waals surface area contributed by atoms with Gasteiger partial charge in [0.2, 0.25) is 0 Å². The summed E-state index contributed by atoms with van der Waals surface area (Å²) in [5.74, 6) is 1.88. The number of nitrogens with two attached hydrogens (primary N) is 1. The molecule has 0 bridgehead atoms. The van der Waals surface area contributed by atoms with E-state index in [0.717, 1.165) is 35.1 Å². The van der Waals surface area contributed by atoms with E-state index in [4.69, 9.17) is 22.1 Å². The number of fused-ring (bicyclic) bond motifs is 1. The van der Waals surface area contributed by atoms with Crippen molar-refractivity contribution in [2.24, 2.45) is 5.73 Å². The largest absolute Gasteiger partial charge is 0.493 e. The summed E-state index contributed by atoms with van der Waals surface area (Å²) >= 11 is 7.96. The predicted molar refractivity (Wildman–Crippen MR) is 84.5 cm³/mol. The molecular formula is C16H16ClNOS. The molecule has 0 aliphatic carbocycles. The highest BCUT2D eigenvalue weighted by molar-refractivity contribution is 7.98. The van der Waals surface area contributed by atoms with Gasteiger partial charge in [0.05, 0.1) is 6.61 Å². The van der Waals surface area contributed by atoms with Gasteiger partial charge in [-0.15, -0.1) is 11.8 Å². The fourth-order valence-corrected chi connectivity index (χ4v) is 3.59. The average Bonchev–Trinajstić information content (AvgIpc) is 2.93. The van der Waals surface area contributed by atoms with Crippen LogP contribution in [0.2, 0.25) is 5.02 Å². The summed E-state index contributed by atoms with van der Waals surface area (Å²) in [5, 5.41) is 0.792. The summed E-state index contributed by atoms with van der Waals surface area (Å²) in [6.07, 6.45) is 0.955. The molecule has 2 nitrogen and oxygen atoms in total. The van der Waals surface area contributed by atoms with Gasteiger partial charge < -0.3 is 10.5 Å². The van der Waals surface area contributed by atoms with Crippen LogP contribution in [0.5, 0.6) is 5.75 Å². The fourth-order valence-electron chi connectivity index (χ4n) is 2.38. The Morgan fingerprint density at radius 1 is 1.25 bits per heavy atom. The second-order valence-corrected chi connectivity index (χ2v) is 6.28. The number of halogens is 1. The van der Waals surface area contributed by atoms with Gasteiger partial charge in [-0.05, 0) is 35.4 Å². The third-order valence-corrected chi connectivity index (χ3v) is 4.61. The van der Waals surface area contributed by atoms with Crippen LogP contribution in [0.25, 0.3) is 0 Å². The molecule has 20 heavy (non-hydrogen) atoms. The molecular weight excluding hydrogens is 290 g/mol. The molecule has 0 amide bonds. The Bertz CT molecular complexity index is 630. The zero-order valence-electron chi connectivity index (χ0n) is 11.1. The molecule has 3 rings (SSSR count). The van der Waals surface area contributed by atoms with Crippen molar-refractivity contribution in [3.8, 4) is 5.75 Å². The van der Waals surface area contributed by atoms with Crippen molar-refractivity contribution in [1.29, 1.82) is 0 Å².